The molecule has 0 unspecified atom stereocenters. The second kappa shape index (κ2) is 7.68. The van der Waals surface area contributed by atoms with Crippen molar-refractivity contribution in [3.63, 3.8) is 0 Å². The molecule has 1 rings (SSSR count). The van der Waals surface area contributed by atoms with Crippen molar-refractivity contribution in [2.24, 2.45) is 5.92 Å². The lowest BCUT2D eigenvalue weighted by atomic mass is 10.0. The van der Waals surface area contributed by atoms with Crippen molar-refractivity contribution < 1.29 is 14.7 Å². The number of urea groups is 1. The van der Waals surface area contributed by atoms with Gasteiger partial charge in [0.15, 0.2) is 0 Å². The summed E-state index contributed by atoms with van der Waals surface area (Å²) in [5.74, 6) is -0.888. The van der Waals surface area contributed by atoms with Crippen LogP contribution < -0.4 is 10.6 Å². The molecule has 7 heteroatoms. The Kier molecular flexibility index (Phi) is 6.54. The molecule has 1 aromatic carbocycles. The van der Waals surface area contributed by atoms with Gasteiger partial charge in [0.2, 0.25) is 0 Å². The zero-order chi connectivity index (χ0) is 15.3. The second-order valence-electron chi connectivity index (χ2n) is 4.74. The molecule has 0 radical (unpaired) electrons. The Morgan fingerprint density at radius 2 is 2.05 bits per heavy atom. The fourth-order valence-electron chi connectivity index (χ4n) is 1.60. The van der Waals surface area contributed by atoms with Gasteiger partial charge in [-0.3, -0.25) is 0 Å². The molecule has 0 fully saturated rings. The summed E-state index contributed by atoms with van der Waals surface area (Å²) in [7, 11) is 0. The quantitative estimate of drug-likeness (QED) is 0.650. The number of aliphatic carboxylic acids is 1. The Morgan fingerprint density at radius 3 is 2.55 bits per heavy atom. The first-order valence-corrected chi connectivity index (χ1v) is 7.50. The normalized spacial score (nSPS) is 12.1. The third-order valence-corrected chi connectivity index (χ3v) is 3.47. The standard InChI is InChI=1S/C13H16ClIN2O3/c1-7(2)5-11(12(18)19)17-13(20)16-10-4-3-8(15)6-9(10)14/h3-4,6-7,11H,5H2,1-2H3,(H,18,19)(H2,16,17,20)/t11-/m1/s1. The number of halogens is 2. The molecule has 0 bridgehead atoms. The second-order valence-corrected chi connectivity index (χ2v) is 6.40. The number of hydrogen-bond acceptors (Lipinski definition) is 2. The smallest absolute Gasteiger partial charge is 0.326 e. The van der Waals surface area contributed by atoms with Gasteiger partial charge in [0.1, 0.15) is 6.04 Å². The van der Waals surface area contributed by atoms with Gasteiger partial charge in [0.05, 0.1) is 10.7 Å². The van der Waals surface area contributed by atoms with Crippen LogP contribution in [0.2, 0.25) is 5.02 Å². The summed E-state index contributed by atoms with van der Waals surface area (Å²) in [5, 5.41) is 14.4. The largest absolute Gasteiger partial charge is 0.480 e. The van der Waals surface area contributed by atoms with Crippen molar-refractivity contribution in [1.29, 1.82) is 0 Å². The van der Waals surface area contributed by atoms with Crippen molar-refractivity contribution in [1.82, 2.24) is 5.32 Å². The maximum absolute atomic E-state index is 11.8. The van der Waals surface area contributed by atoms with E-state index in [4.69, 9.17) is 16.7 Å². The summed E-state index contributed by atoms with van der Waals surface area (Å²) in [5.41, 5.74) is 0.443. The Balaban J connectivity index is 2.68. The minimum Gasteiger partial charge on any atom is -0.480 e. The fraction of sp³-hybridized carbons (Fsp3) is 0.385. The van der Waals surface area contributed by atoms with Crippen LogP contribution in [-0.4, -0.2) is 23.1 Å². The molecule has 0 saturated heterocycles. The molecule has 0 aliphatic heterocycles. The van der Waals surface area contributed by atoms with E-state index in [1.165, 1.54) is 0 Å². The molecule has 1 atom stereocenters. The molecular formula is C13H16ClIN2O3. The molecule has 0 saturated carbocycles. The summed E-state index contributed by atoms with van der Waals surface area (Å²) in [6, 6.07) is 3.67. The van der Waals surface area contributed by atoms with Gasteiger partial charge in [0, 0.05) is 3.57 Å². The lowest BCUT2D eigenvalue weighted by molar-refractivity contribution is -0.139. The average molecular weight is 411 g/mol. The van der Waals surface area contributed by atoms with Crippen LogP contribution >= 0.6 is 34.2 Å². The molecule has 20 heavy (non-hydrogen) atoms. The van der Waals surface area contributed by atoms with Crippen LogP contribution in [0.4, 0.5) is 10.5 Å². The van der Waals surface area contributed by atoms with Gasteiger partial charge in [-0.15, -0.1) is 0 Å². The van der Waals surface area contributed by atoms with Crippen molar-refractivity contribution in [3.05, 3.63) is 26.8 Å². The highest BCUT2D eigenvalue weighted by Crippen LogP contribution is 2.23. The molecule has 0 spiro atoms. The molecule has 0 aliphatic rings. The first-order chi connectivity index (χ1) is 9.29. The summed E-state index contributed by atoms with van der Waals surface area (Å²) in [4.78, 5) is 22.9. The van der Waals surface area contributed by atoms with Gasteiger partial charge < -0.3 is 15.7 Å². The van der Waals surface area contributed by atoms with E-state index in [0.717, 1.165) is 3.57 Å². The fourth-order valence-corrected chi connectivity index (χ4v) is 2.50. The summed E-state index contributed by atoms with van der Waals surface area (Å²) < 4.78 is 0.946. The van der Waals surface area contributed by atoms with Gasteiger partial charge in [0.25, 0.3) is 0 Å². The van der Waals surface area contributed by atoms with Crippen molar-refractivity contribution in [3.8, 4) is 0 Å². The number of rotatable bonds is 5. The van der Waals surface area contributed by atoms with Crippen molar-refractivity contribution >= 4 is 51.9 Å². The Labute approximate surface area is 136 Å². The minimum atomic E-state index is -1.05. The Hall–Kier alpha value is -1.02. The molecule has 0 aliphatic carbocycles. The van der Waals surface area contributed by atoms with E-state index in [1.54, 1.807) is 18.2 Å². The van der Waals surface area contributed by atoms with E-state index < -0.39 is 18.0 Å². The zero-order valence-corrected chi connectivity index (χ0v) is 14.0. The van der Waals surface area contributed by atoms with E-state index in [0.29, 0.717) is 17.1 Å². The van der Waals surface area contributed by atoms with Crippen LogP contribution in [-0.2, 0) is 4.79 Å². The first kappa shape index (κ1) is 17.0. The molecule has 0 aromatic heterocycles. The van der Waals surface area contributed by atoms with Crippen LogP contribution in [0.5, 0.6) is 0 Å². The monoisotopic (exact) mass is 410 g/mol. The van der Waals surface area contributed by atoms with E-state index in [1.807, 2.05) is 13.8 Å². The van der Waals surface area contributed by atoms with Gasteiger partial charge in [-0.1, -0.05) is 25.4 Å². The number of benzene rings is 1. The number of anilines is 1. The predicted molar refractivity (Wildman–Crippen MR) is 87.2 cm³/mol. The third-order valence-electron chi connectivity index (χ3n) is 2.49. The van der Waals surface area contributed by atoms with Crippen LogP contribution in [0.1, 0.15) is 20.3 Å². The predicted octanol–water partition coefficient (Wildman–Crippen LogP) is 3.57. The number of amides is 2. The molecule has 110 valence electrons. The Morgan fingerprint density at radius 1 is 1.40 bits per heavy atom. The number of carbonyl (C=O) groups is 2. The Bertz CT molecular complexity index is 508. The van der Waals surface area contributed by atoms with Crippen molar-refractivity contribution in [2.75, 3.05) is 5.32 Å². The maximum atomic E-state index is 11.8. The first-order valence-electron chi connectivity index (χ1n) is 6.05. The summed E-state index contributed by atoms with van der Waals surface area (Å²) in [6.07, 6.45) is 0.364. The number of carboxylic acids is 1. The van der Waals surface area contributed by atoms with Crippen LogP contribution in [0.15, 0.2) is 18.2 Å². The summed E-state index contributed by atoms with van der Waals surface area (Å²) >= 11 is 8.10. The maximum Gasteiger partial charge on any atom is 0.326 e. The van der Waals surface area contributed by atoms with Gasteiger partial charge in [-0.25, -0.2) is 9.59 Å². The number of carbonyl (C=O) groups excluding carboxylic acids is 1. The topological polar surface area (TPSA) is 78.4 Å². The van der Waals surface area contributed by atoms with Gasteiger partial charge >= 0.3 is 12.0 Å². The van der Waals surface area contributed by atoms with E-state index in [9.17, 15) is 9.59 Å². The molecule has 1 aromatic rings. The van der Waals surface area contributed by atoms with Crippen LogP contribution in [0.3, 0.4) is 0 Å². The highest BCUT2D eigenvalue weighted by molar-refractivity contribution is 14.1. The highest BCUT2D eigenvalue weighted by Gasteiger charge is 2.21. The van der Waals surface area contributed by atoms with Crippen LogP contribution in [0.25, 0.3) is 0 Å². The number of nitrogens with one attached hydrogen (secondary N) is 2. The van der Waals surface area contributed by atoms with E-state index in [-0.39, 0.29) is 5.92 Å². The zero-order valence-electron chi connectivity index (χ0n) is 11.1. The number of hydrogen-bond donors (Lipinski definition) is 3. The average Bonchev–Trinajstić information content (AvgIpc) is 2.31. The van der Waals surface area contributed by atoms with Gasteiger partial charge in [-0.05, 0) is 53.1 Å². The lowest BCUT2D eigenvalue weighted by Gasteiger charge is -2.17. The van der Waals surface area contributed by atoms with Gasteiger partial charge in [-0.2, -0.15) is 0 Å². The SMILES string of the molecule is CC(C)C[C@@H](NC(=O)Nc1ccc(I)cc1Cl)C(=O)O. The van der Waals surface area contributed by atoms with Crippen molar-refractivity contribution in [2.45, 2.75) is 26.3 Å². The van der Waals surface area contributed by atoms with E-state index in [2.05, 4.69) is 33.2 Å². The third kappa shape index (κ3) is 5.54. The molecule has 0 heterocycles. The highest BCUT2D eigenvalue weighted by atomic mass is 127. The molecule has 3 N–H and O–H groups in total. The molecular weight excluding hydrogens is 395 g/mol. The van der Waals surface area contributed by atoms with Crippen LogP contribution in [0, 0.1) is 9.49 Å². The summed E-state index contributed by atoms with van der Waals surface area (Å²) in [6.45, 7) is 3.79. The lowest BCUT2D eigenvalue weighted by Crippen LogP contribution is -2.43. The molecule has 2 amide bonds. The van der Waals surface area contributed by atoms with E-state index >= 15 is 0 Å². The molecule has 5 nitrogen and oxygen atoms in total. The number of carboxylic acid groups (broad SMARTS) is 1. The minimum absolute atomic E-state index is 0.165.